The lowest BCUT2D eigenvalue weighted by molar-refractivity contribution is 0.0355. The fourth-order valence-electron chi connectivity index (χ4n) is 5.36. The number of halogens is 2. The second-order valence-electron chi connectivity index (χ2n) is 10.7. The van der Waals surface area contributed by atoms with Crippen molar-refractivity contribution in [3.8, 4) is 11.7 Å². The average Bonchev–Trinajstić information content (AvgIpc) is 3.45. The molecule has 5 heterocycles. The summed E-state index contributed by atoms with van der Waals surface area (Å²) >= 11 is 0. The number of fused-ring (bicyclic) bond motifs is 1. The predicted octanol–water partition coefficient (Wildman–Crippen LogP) is 1.73. The van der Waals surface area contributed by atoms with E-state index in [0.717, 1.165) is 45.2 Å². The number of aromatic nitrogens is 5. The van der Waals surface area contributed by atoms with Crippen LogP contribution in [0.4, 0.5) is 14.7 Å². The quantitative estimate of drug-likeness (QED) is 0.386. The number of ether oxygens (including phenoxy) is 3. The fourth-order valence-corrected chi connectivity index (χ4v) is 5.36. The van der Waals surface area contributed by atoms with E-state index in [1.54, 1.807) is 24.4 Å². The Morgan fingerprint density at radius 3 is 2.42 bits per heavy atom. The van der Waals surface area contributed by atoms with Gasteiger partial charge >= 0.3 is 0 Å². The summed E-state index contributed by atoms with van der Waals surface area (Å²) in [6, 6.07) is 5.05. The van der Waals surface area contributed by atoms with Crippen LogP contribution >= 0.6 is 0 Å². The highest BCUT2D eigenvalue weighted by atomic mass is 19.3. The molecule has 0 saturated carbocycles. The topological polar surface area (TPSA) is 132 Å². The Morgan fingerprint density at radius 2 is 1.74 bits per heavy atom. The minimum absolute atomic E-state index is 0.00632. The standard InChI is InChI=1S/C28H36F2N10O3/c1-37(8-9-38-10-14-42-15-11-38)21-6-7-28(31,18-32-21)25-34-26(39-12-16-43-17-13-39)36-27(35-25)40-19-4-3-5-20(41-2)22(19)33-24(40)23(29)30/h3-6,18,23H,7-17,31H2,1-2H3. The van der Waals surface area contributed by atoms with Gasteiger partial charge in [0.2, 0.25) is 11.9 Å². The number of hydrogen-bond donors (Lipinski definition) is 1. The van der Waals surface area contributed by atoms with Crippen LogP contribution in [0.5, 0.6) is 5.75 Å². The summed E-state index contributed by atoms with van der Waals surface area (Å²) in [4.78, 5) is 29.3. The first kappa shape index (κ1) is 29.3. The minimum Gasteiger partial charge on any atom is -0.494 e. The monoisotopic (exact) mass is 598 g/mol. The zero-order chi connectivity index (χ0) is 30.0. The van der Waals surface area contributed by atoms with Crippen LogP contribution in [-0.2, 0) is 15.0 Å². The van der Waals surface area contributed by atoms with Crippen molar-refractivity contribution in [1.82, 2.24) is 34.3 Å². The molecule has 15 heteroatoms. The summed E-state index contributed by atoms with van der Waals surface area (Å²) < 4.78 is 46.4. The molecule has 1 unspecified atom stereocenters. The number of likely N-dealkylation sites (N-methyl/N-ethyl adjacent to an activating group) is 1. The molecule has 2 saturated heterocycles. The Morgan fingerprint density at radius 1 is 1.02 bits per heavy atom. The van der Waals surface area contributed by atoms with Gasteiger partial charge in [-0.2, -0.15) is 15.0 Å². The maximum absolute atomic E-state index is 14.4. The number of alkyl halides is 2. The van der Waals surface area contributed by atoms with Gasteiger partial charge in [0.05, 0.1) is 39.1 Å². The largest absolute Gasteiger partial charge is 0.494 e. The molecule has 3 aromatic rings. The van der Waals surface area contributed by atoms with Crippen LogP contribution in [-0.4, -0.2) is 120 Å². The van der Waals surface area contributed by atoms with Crippen LogP contribution in [0.1, 0.15) is 24.5 Å². The van der Waals surface area contributed by atoms with Crippen molar-refractivity contribution < 1.29 is 23.0 Å². The van der Waals surface area contributed by atoms with Gasteiger partial charge in [0, 0.05) is 52.5 Å². The molecule has 1 atom stereocenters. The number of benzene rings is 1. The molecule has 230 valence electrons. The van der Waals surface area contributed by atoms with Crippen molar-refractivity contribution in [2.45, 2.75) is 18.4 Å². The number of imidazole rings is 1. The van der Waals surface area contributed by atoms with Gasteiger partial charge in [0.25, 0.3) is 6.43 Å². The number of anilines is 1. The SMILES string of the molecule is COc1cccc2c1nc(C(F)F)n2-c1nc(N2CCOCC2)nc(C2(N)C=NC(N(C)CCN3CCOCC3)=CC2)n1. The van der Waals surface area contributed by atoms with Crippen molar-refractivity contribution in [2.24, 2.45) is 10.7 Å². The predicted molar refractivity (Wildman–Crippen MR) is 156 cm³/mol. The van der Waals surface area contributed by atoms with E-state index < -0.39 is 17.8 Å². The minimum atomic E-state index is -2.90. The van der Waals surface area contributed by atoms with Gasteiger partial charge in [-0.25, -0.2) is 18.8 Å². The molecule has 2 N–H and O–H groups in total. The molecule has 6 rings (SSSR count). The highest BCUT2D eigenvalue weighted by molar-refractivity contribution is 5.84. The molecule has 43 heavy (non-hydrogen) atoms. The van der Waals surface area contributed by atoms with Crippen molar-refractivity contribution in [1.29, 1.82) is 0 Å². The van der Waals surface area contributed by atoms with Gasteiger partial charge in [-0.05, 0) is 24.6 Å². The Bertz CT molecular complexity index is 1500. The van der Waals surface area contributed by atoms with E-state index in [-0.39, 0.29) is 17.3 Å². The molecule has 0 bridgehead atoms. The van der Waals surface area contributed by atoms with Gasteiger partial charge in [-0.15, -0.1) is 0 Å². The van der Waals surface area contributed by atoms with E-state index in [0.29, 0.717) is 49.9 Å². The number of para-hydroxylation sites is 1. The molecule has 0 radical (unpaired) electrons. The number of methoxy groups -OCH3 is 1. The third-order valence-electron chi connectivity index (χ3n) is 7.91. The van der Waals surface area contributed by atoms with Gasteiger partial charge in [0.15, 0.2) is 11.6 Å². The van der Waals surface area contributed by atoms with E-state index in [1.807, 2.05) is 18.0 Å². The van der Waals surface area contributed by atoms with E-state index >= 15 is 0 Å². The summed E-state index contributed by atoms with van der Waals surface area (Å²) in [5.41, 5.74) is 6.36. The number of aliphatic imine (C=N–C) groups is 1. The van der Waals surface area contributed by atoms with Crippen LogP contribution in [0.2, 0.25) is 0 Å². The van der Waals surface area contributed by atoms with Gasteiger partial charge in [0.1, 0.15) is 22.6 Å². The summed E-state index contributed by atoms with van der Waals surface area (Å²) in [5, 5.41) is 0. The lowest BCUT2D eigenvalue weighted by Gasteiger charge is -2.32. The highest BCUT2D eigenvalue weighted by Crippen LogP contribution is 2.33. The van der Waals surface area contributed by atoms with Gasteiger partial charge < -0.3 is 29.7 Å². The molecule has 0 spiro atoms. The Kier molecular flexibility index (Phi) is 8.47. The summed E-state index contributed by atoms with van der Waals surface area (Å²) in [6.07, 6.45) is 1.06. The third kappa shape index (κ3) is 6.02. The Balaban J connectivity index is 1.35. The van der Waals surface area contributed by atoms with Crippen LogP contribution in [0, 0.1) is 0 Å². The summed E-state index contributed by atoms with van der Waals surface area (Å²) in [7, 11) is 3.46. The van der Waals surface area contributed by atoms with Crippen molar-refractivity contribution in [2.75, 3.05) is 84.8 Å². The molecular formula is C28H36F2N10O3. The van der Waals surface area contributed by atoms with E-state index in [2.05, 4.69) is 29.7 Å². The Hall–Kier alpha value is -3.79. The van der Waals surface area contributed by atoms with E-state index in [9.17, 15) is 8.78 Å². The lowest BCUT2D eigenvalue weighted by atomic mass is 9.95. The number of nitrogens with zero attached hydrogens (tertiary/aromatic N) is 9. The molecule has 3 aliphatic heterocycles. The normalized spacial score (nSPS) is 21.4. The summed E-state index contributed by atoms with van der Waals surface area (Å²) in [5.74, 6) is 1.20. The first-order valence-corrected chi connectivity index (χ1v) is 14.3. The van der Waals surface area contributed by atoms with Crippen molar-refractivity contribution in [3.05, 3.63) is 41.7 Å². The molecule has 2 aromatic heterocycles. The zero-order valence-corrected chi connectivity index (χ0v) is 24.3. The third-order valence-corrected chi connectivity index (χ3v) is 7.91. The maximum Gasteiger partial charge on any atom is 0.296 e. The molecule has 1 aromatic carbocycles. The number of hydrogen-bond acceptors (Lipinski definition) is 12. The first-order valence-electron chi connectivity index (χ1n) is 14.3. The first-order chi connectivity index (χ1) is 20.9. The van der Waals surface area contributed by atoms with Crippen LogP contribution in [0.3, 0.4) is 0 Å². The number of nitrogens with two attached hydrogens (primary N) is 1. The van der Waals surface area contributed by atoms with E-state index in [1.165, 1.54) is 11.7 Å². The smallest absolute Gasteiger partial charge is 0.296 e. The molecule has 2 fully saturated rings. The van der Waals surface area contributed by atoms with Crippen LogP contribution in [0.25, 0.3) is 17.0 Å². The Labute approximate surface area is 248 Å². The fraction of sp³-hybridized carbons (Fsp3) is 0.536. The maximum atomic E-state index is 14.4. The zero-order valence-electron chi connectivity index (χ0n) is 24.3. The highest BCUT2D eigenvalue weighted by Gasteiger charge is 2.34. The lowest BCUT2D eigenvalue weighted by Crippen LogP contribution is -2.44. The van der Waals surface area contributed by atoms with E-state index in [4.69, 9.17) is 24.9 Å². The van der Waals surface area contributed by atoms with Gasteiger partial charge in [-0.3, -0.25) is 9.47 Å². The van der Waals surface area contributed by atoms with Crippen LogP contribution < -0.4 is 15.4 Å². The molecule has 3 aliphatic rings. The average molecular weight is 599 g/mol. The van der Waals surface area contributed by atoms with Gasteiger partial charge in [-0.1, -0.05) is 6.07 Å². The second kappa shape index (κ2) is 12.4. The van der Waals surface area contributed by atoms with Crippen molar-refractivity contribution in [3.63, 3.8) is 0 Å². The van der Waals surface area contributed by atoms with Crippen molar-refractivity contribution >= 4 is 23.2 Å². The molecule has 0 amide bonds. The molecule has 13 nitrogen and oxygen atoms in total. The molecular weight excluding hydrogens is 562 g/mol. The number of rotatable bonds is 9. The van der Waals surface area contributed by atoms with Crippen LogP contribution in [0.15, 0.2) is 35.1 Å². The summed E-state index contributed by atoms with van der Waals surface area (Å²) in [6.45, 7) is 7.08. The second-order valence-corrected chi connectivity index (χ2v) is 10.7. The molecule has 0 aliphatic carbocycles. The number of morpholine rings is 2.